The average molecular weight is 164 g/mol. The molecule has 1 atom stereocenters. The van der Waals surface area contributed by atoms with E-state index in [0.717, 1.165) is 19.3 Å². The minimum absolute atomic E-state index is 0.00347. The zero-order chi connectivity index (χ0) is 8.55. The molecular weight excluding hydrogens is 152 g/mol. The van der Waals surface area contributed by atoms with Gasteiger partial charge in [-0.05, 0) is 32.3 Å². The van der Waals surface area contributed by atoms with Crippen molar-refractivity contribution in [2.24, 2.45) is 0 Å². The lowest BCUT2D eigenvalue weighted by atomic mass is 10.0. The van der Waals surface area contributed by atoms with Crippen molar-refractivity contribution in [1.82, 2.24) is 9.78 Å². The van der Waals surface area contributed by atoms with E-state index in [0.29, 0.717) is 0 Å². The van der Waals surface area contributed by atoms with E-state index in [1.54, 1.807) is 13.1 Å². The van der Waals surface area contributed by atoms with Crippen molar-refractivity contribution in [2.45, 2.75) is 32.2 Å². The number of carbonyl (C=O) groups excluding carboxylic acids is 1. The smallest absolute Gasteiger partial charge is 0.154 e. The molecule has 0 aromatic carbocycles. The first kappa shape index (κ1) is 7.53. The van der Waals surface area contributed by atoms with E-state index in [1.807, 2.05) is 10.7 Å². The van der Waals surface area contributed by atoms with Gasteiger partial charge in [-0.1, -0.05) is 0 Å². The van der Waals surface area contributed by atoms with E-state index in [9.17, 15) is 4.79 Å². The third-order valence-corrected chi connectivity index (χ3v) is 2.43. The first-order chi connectivity index (χ1) is 5.79. The van der Waals surface area contributed by atoms with Crippen LogP contribution in [0.3, 0.4) is 0 Å². The Balaban J connectivity index is 2.37. The van der Waals surface area contributed by atoms with E-state index in [2.05, 4.69) is 5.10 Å². The van der Waals surface area contributed by atoms with Crippen molar-refractivity contribution in [3.8, 4) is 0 Å². The van der Waals surface area contributed by atoms with E-state index in [-0.39, 0.29) is 11.8 Å². The summed E-state index contributed by atoms with van der Waals surface area (Å²) in [7, 11) is 0. The summed E-state index contributed by atoms with van der Waals surface area (Å²) in [5, 5.41) is 4.16. The van der Waals surface area contributed by atoms with E-state index >= 15 is 0 Å². The first-order valence-corrected chi connectivity index (χ1v) is 4.32. The number of carbonyl (C=O) groups is 1. The molecule has 0 bridgehead atoms. The van der Waals surface area contributed by atoms with Crippen molar-refractivity contribution in [2.75, 3.05) is 0 Å². The molecule has 0 saturated heterocycles. The molecule has 0 fully saturated rings. The number of ketones is 1. The molecular formula is C9H12N2O. The molecule has 0 amide bonds. The summed E-state index contributed by atoms with van der Waals surface area (Å²) in [6, 6.07) is 2.00. The Bertz CT molecular complexity index is 303. The maximum absolute atomic E-state index is 11.2. The molecule has 12 heavy (non-hydrogen) atoms. The van der Waals surface area contributed by atoms with Gasteiger partial charge in [0.2, 0.25) is 0 Å². The zero-order valence-corrected chi connectivity index (χ0v) is 7.16. The third kappa shape index (κ3) is 1.05. The number of aromatic nitrogens is 2. The molecule has 0 radical (unpaired) electrons. The highest BCUT2D eigenvalue weighted by Gasteiger charge is 2.22. The largest absolute Gasteiger partial charge is 0.298 e. The van der Waals surface area contributed by atoms with Crippen LogP contribution in [-0.4, -0.2) is 15.6 Å². The molecule has 1 aliphatic heterocycles. The van der Waals surface area contributed by atoms with Gasteiger partial charge < -0.3 is 0 Å². The van der Waals surface area contributed by atoms with Crippen LogP contribution in [-0.2, 0) is 11.2 Å². The van der Waals surface area contributed by atoms with Crippen LogP contribution in [0.5, 0.6) is 0 Å². The molecule has 3 heteroatoms. The summed E-state index contributed by atoms with van der Waals surface area (Å²) >= 11 is 0. The van der Waals surface area contributed by atoms with E-state index < -0.39 is 0 Å². The molecule has 3 nitrogen and oxygen atoms in total. The number of fused-ring (bicyclic) bond motifs is 1. The Hall–Kier alpha value is -1.12. The van der Waals surface area contributed by atoms with Crippen LogP contribution in [0.4, 0.5) is 0 Å². The fourth-order valence-electron chi connectivity index (χ4n) is 1.79. The molecule has 0 saturated carbocycles. The van der Waals surface area contributed by atoms with Crippen molar-refractivity contribution < 1.29 is 4.79 Å². The molecule has 64 valence electrons. The Morgan fingerprint density at radius 1 is 1.75 bits per heavy atom. The number of Topliss-reactive ketones (excluding diaryl/α,β-unsaturated/α-hetero) is 1. The van der Waals surface area contributed by atoms with Crippen LogP contribution in [0.1, 0.15) is 31.5 Å². The Morgan fingerprint density at radius 2 is 2.58 bits per heavy atom. The lowest BCUT2D eigenvalue weighted by Gasteiger charge is -2.21. The Morgan fingerprint density at radius 3 is 3.33 bits per heavy atom. The van der Waals surface area contributed by atoms with Gasteiger partial charge in [0.25, 0.3) is 0 Å². The summed E-state index contributed by atoms with van der Waals surface area (Å²) in [5.74, 6) is 0.222. The summed E-state index contributed by atoms with van der Waals surface area (Å²) in [5.41, 5.74) is 1.20. The predicted molar refractivity (Wildman–Crippen MR) is 44.9 cm³/mol. The van der Waals surface area contributed by atoms with Gasteiger partial charge in [0.05, 0.1) is 0 Å². The lowest BCUT2D eigenvalue weighted by Crippen LogP contribution is -2.24. The number of rotatable bonds is 1. The average Bonchev–Trinajstić information content (AvgIpc) is 2.49. The van der Waals surface area contributed by atoms with Gasteiger partial charge in [0.15, 0.2) is 5.78 Å². The second kappa shape index (κ2) is 2.73. The molecule has 1 unspecified atom stereocenters. The van der Waals surface area contributed by atoms with Crippen LogP contribution < -0.4 is 0 Å². The minimum atomic E-state index is 0.00347. The second-order valence-corrected chi connectivity index (χ2v) is 3.29. The molecule has 2 rings (SSSR count). The SMILES string of the molecule is CC(=O)C1CCCc2ccnn21. The van der Waals surface area contributed by atoms with Crippen LogP contribution in [0.15, 0.2) is 12.3 Å². The fourth-order valence-corrected chi connectivity index (χ4v) is 1.79. The number of hydrogen-bond acceptors (Lipinski definition) is 2. The molecule has 2 heterocycles. The molecule has 0 spiro atoms. The number of nitrogens with zero attached hydrogens (tertiary/aromatic N) is 2. The van der Waals surface area contributed by atoms with Gasteiger partial charge in [-0.25, -0.2) is 0 Å². The van der Waals surface area contributed by atoms with Gasteiger partial charge in [-0.15, -0.1) is 0 Å². The van der Waals surface area contributed by atoms with Crippen molar-refractivity contribution in [3.63, 3.8) is 0 Å². The minimum Gasteiger partial charge on any atom is -0.298 e. The predicted octanol–water partition coefficient (Wildman–Crippen LogP) is 1.35. The molecule has 0 aliphatic carbocycles. The van der Waals surface area contributed by atoms with Crippen molar-refractivity contribution in [1.29, 1.82) is 0 Å². The van der Waals surface area contributed by atoms with Crippen molar-refractivity contribution in [3.05, 3.63) is 18.0 Å². The van der Waals surface area contributed by atoms with Gasteiger partial charge in [-0.3, -0.25) is 9.48 Å². The van der Waals surface area contributed by atoms with Crippen LogP contribution >= 0.6 is 0 Å². The maximum atomic E-state index is 11.2. The topological polar surface area (TPSA) is 34.9 Å². The van der Waals surface area contributed by atoms with Gasteiger partial charge in [0.1, 0.15) is 6.04 Å². The zero-order valence-electron chi connectivity index (χ0n) is 7.16. The van der Waals surface area contributed by atoms with E-state index in [1.165, 1.54) is 5.69 Å². The Kier molecular flexibility index (Phi) is 1.71. The van der Waals surface area contributed by atoms with Crippen LogP contribution in [0.2, 0.25) is 0 Å². The highest BCUT2D eigenvalue weighted by molar-refractivity contribution is 5.80. The lowest BCUT2D eigenvalue weighted by molar-refractivity contribution is -0.120. The molecule has 1 aromatic rings. The normalized spacial score (nSPS) is 21.9. The summed E-state index contributed by atoms with van der Waals surface area (Å²) in [4.78, 5) is 11.2. The highest BCUT2D eigenvalue weighted by atomic mass is 16.1. The van der Waals surface area contributed by atoms with Gasteiger partial charge in [-0.2, -0.15) is 5.10 Å². The maximum Gasteiger partial charge on any atom is 0.154 e. The third-order valence-electron chi connectivity index (χ3n) is 2.43. The molecule has 1 aromatic heterocycles. The Labute approximate surface area is 71.4 Å². The molecule has 1 aliphatic rings. The fraction of sp³-hybridized carbons (Fsp3) is 0.556. The molecule has 0 N–H and O–H groups in total. The summed E-state index contributed by atoms with van der Waals surface area (Å²) < 4.78 is 1.87. The first-order valence-electron chi connectivity index (χ1n) is 4.32. The van der Waals surface area contributed by atoms with Crippen LogP contribution in [0, 0.1) is 0 Å². The summed E-state index contributed by atoms with van der Waals surface area (Å²) in [6.07, 6.45) is 4.89. The quantitative estimate of drug-likeness (QED) is 0.628. The van der Waals surface area contributed by atoms with Gasteiger partial charge >= 0.3 is 0 Å². The highest BCUT2D eigenvalue weighted by Crippen LogP contribution is 2.23. The second-order valence-electron chi connectivity index (χ2n) is 3.29. The van der Waals surface area contributed by atoms with Crippen LogP contribution in [0.25, 0.3) is 0 Å². The standard InChI is InChI=1S/C9H12N2O/c1-7(12)9-4-2-3-8-5-6-10-11(8)9/h5-6,9H,2-4H2,1H3. The van der Waals surface area contributed by atoms with Gasteiger partial charge in [0, 0.05) is 11.9 Å². The van der Waals surface area contributed by atoms with Crippen molar-refractivity contribution >= 4 is 5.78 Å². The van der Waals surface area contributed by atoms with E-state index in [4.69, 9.17) is 0 Å². The number of aryl methyl sites for hydroxylation is 1. The number of hydrogen-bond donors (Lipinski definition) is 0. The monoisotopic (exact) mass is 164 g/mol. The summed E-state index contributed by atoms with van der Waals surface area (Å²) in [6.45, 7) is 1.64.